The largest absolute Gasteiger partial charge is 0.359 e. The Hall–Kier alpha value is -1.85. The van der Waals surface area contributed by atoms with Crippen molar-refractivity contribution in [2.75, 3.05) is 5.32 Å². The highest BCUT2D eigenvalue weighted by Gasteiger charge is 2.28. The molecule has 0 fully saturated rings. The molecule has 0 amide bonds. The van der Waals surface area contributed by atoms with Gasteiger partial charge in [0, 0.05) is 19.0 Å². The number of aryl methyl sites for hydroxylation is 1. The predicted molar refractivity (Wildman–Crippen MR) is 67.2 cm³/mol. The molecule has 1 heterocycles. The Morgan fingerprint density at radius 3 is 2.53 bits per heavy atom. The fourth-order valence-corrected chi connectivity index (χ4v) is 1.54. The summed E-state index contributed by atoms with van der Waals surface area (Å²) in [4.78, 5) is 10.7. The van der Waals surface area contributed by atoms with Gasteiger partial charge >= 0.3 is 5.69 Å². The van der Waals surface area contributed by atoms with Crippen LogP contribution in [0.3, 0.4) is 0 Å². The van der Waals surface area contributed by atoms with Crippen LogP contribution in [0.25, 0.3) is 0 Å². The van der Waals surface area contributed by atoms with Crippen molar-refractivity contribution in [3.05, 3.63) is 28.5 Å². The van der Waals surface area contributed by atoms with Gasteiger partial charge < -0.3 is 5.32 Å². The van der Waals surface area contributed by atoms with Crippen LogP contribution in [0.1, 0.15) is 32.4 Å². The van der Waals surface area contributed by atoms with Crippen LogP contribution in [0.2, 0.25) is 0 Å². The normalized spacial score (nSPS) is 12.5. The maximum atomic E-state index is 11.1. The van der Waals surface area contributed by atoms with Crippen molar-refractivity contribution < 1.29 is 4.92 Å². The molecule has 1 unspecified atom stereocenters. The number of hydrogen-bond acceptors (Lipinski definition) is 4. The molecule has 0 spiro atoms. The molecular weight excluding hydrogens is 220 g/mol. The average Bonchev–Trinajstić information content (AvgIpc) is 2.56. The van der Waals surface area contributed by atoms with Gasteiger partial charge in [0.25, 0.3) is 0 Å². The van der Waals surface area contributed by atoms with Crippen LogP contribution in [0, 0.1) is 10.1 Å². The average molecular weight is 238 g/mol. The van der Waals surface area contributed by atoms with E-state index in [4.69, 9.17) is 0 Å². The van der Waals surface area contributed by atoms with Crippen molar-refractivity contribution in [2.24, 2.45) is 7.05 Å². The molecule has 94 valence electrons. The third-order valence-corrected chi connectivity index (χ3v) is 2.50. The lowest BCUT2D eigenvalue weighted by atomic mass is 10.1. The topological polar surface area (TPSA) is 73.0 Å². The van der Waals surface area contributed by atoms with E-state index in [1.54, 1.807) is 13.1 Å². The van der Waals surface area contributed by atoms with Crippen LogP contribution in [0.5, 0.6) is 0 Å². The number of aromatic nitrogens is 2. The summed E-state index contributed by atoms with van der Waals surface area (Å²) in [5, 5.41) is 18.3. The Morgan fingerprint density at radius 1 is 1.53 bits per heavy atom. The van der Waals surface area contributed by atoms with Gasteiger partial charge in [-0.25, -0.2) is 4.68 Å². The minimum atomic E-state index is -0.388. The standard InChI is InChI=1S/C11H18N4O2/c1-6-8(4)12-11-10(15(16)17)9(7(2)3)13-14(11)5/h6-8,12H,1H2,2-5H3. The first kappa shape index (κ1) is 13.2. The van der Waals surface area contributed by atoms with Crippen LogP contribution >= 0.6 is 0 Å². The van der Waals surface area contributed by atoms with Crippen molar-refractivity contribution in [2.45, 2.75) is 32.7 Å². The van der Waals surface area contributed by atoms with Crippen molar-refractivity contribution in [3.8, 4) is 0 Å². The van der Waals surface area contributed by atoms with Crippen LogP contribution in [0.4, 0.5) is 11.5 Å². The molecule has 1 aromatic rings. The summed E-state index contributed by atoms with van der Waals surface area (Å²) in [5.74, 6) is 0.433. The second kappa shape index (κ2) is 4.99. The molecule has 0 aliphatic heterocycles. The Bertz CT molecular complexity index is 437. The Labute approximate surface area is 100 Å². The van der Waals surface area contributed by atoms with E-state index >= 15 is 0 Å². The second-order valence-corrected chi connectivity index (χ2v) is 4.29. The first-order valence-corrected chi connectivity index (χ1v) is 5.48. The molecule has 17 heavy (non-hydrogen) atoms. The second-order valence-electron chi connectivity index (χ2n) is 4.29. The number of nitrogens with zero attached hydrogens (tertiary/aromatic N) is 3. The van der Waals surface area contributed by atoms with Gasteiger partial charge in [0.1, 0.15) is 5.69 Å². The van der Waals surface area contributed by atoms with Crippen LogP contribution < -0.4 is 5.32 Å². The highest BCUT2D eigenvalue weighted by molar-refractivity contribution is 5.61. The third kappa shape index (κ3) is 2.64. The Morgan fingerprint density at radius 2 is 2.12 bits per heavy atom. The molecule has 6 nitrogen and oxygen atoms in total. The molecule has 0 saturated carbocycles. The number of nitro groups is 1. The minimum absolute atomic E-state index is 0.0104. The van der Waals surface area contributed by atoms with Crippen molar-refractivity contribution >= 4 is 11.5 Å². The molecule has 6 heteroatoms. The van der Waals surface area contributed by atoms with Gasteiger partial charge in [-0.1, -0.05) is 19.9 Å². The fourth-order valence-electron chi connectivity index (χ4n) is 1.54. The number of anilines is 1. The van der Waals surface area contributed by atoms with E-state index in [1.165, 1.54) is 4.68 Å². The Balaban J connectivity index is 3.27. The van der Waals surface area contributed by atoms with Crippen molar-refractivity contribution in [1.29, 1.82) is 0 Å². The summed E-state index contributed by atoms with van der Waals surface area (Å²) in [6.07, 6.45) is 1.69. The summed E-state index contributed by atoms with van der Waals surface area (Å²) in [5.41, 5.74) is 0.549. The molecular formula is C11H18N4O2. The first-order valence-electron chi connectivity index (χ1n) is 5.48. The first-order chi connectivity index (χ1) is 7.88. The molecule has 0 radical (unpaired) electrons. The van der Waals surface area contributed by atoms with Gasteiger partial charge in [-0.15, -0.1) is 6.58 Å². The van der Waals surface area contributed by atoms with Gasteiger partial charge in [-0.2, -0.15) is 5.10 Å². The SMILES string of the molecule is C=CC(C)Nc1c([N+](=O)[O-])c(C(C)C)nn1C. The van der Waals surface area contributed by atoms with E-state index in [-0.39, 0.29) is 22.6 Å². The van der Waals surface area contributed by atoms with Crippen LogP contribution in [-0.2, 0) is 7.05 Å². The molecule has 0 aromatic carbocycles. The fraction of sp³-hybridized carbons (Fsp3) is 0.545. The van der Waals surface area contributed by atoms with Crippen molar-refractivity contribution in [3.63, 3.8) is 0 Å². The maximum absolute atomic E-state index is 11.1. The molecule has 1 aromatic heterocycles. The summed E-state index contributed by atoms with van der Waals surface area (Å²) in [6, 6.07) is -0.0517. The molecule has 0 aliphatic rings. The highest BCUT2D eigenvalue weighted by atomic mass is 16.6. The quantitative estimate of drug-likeness (QED) is 0.485. The zero-order valence-electron chi connectivity index (χ0n) is 10.6. The van der Waals surface area contributed by atoms with Gasteiger partial charge in [-0.05, 0) is 6.92 Å². The van der Waals surface area contributed by atoms with E-state index in [0.29, 0.717) is 11.5 Å². The van der Waals surface area contributed by atoms with Gasteiger partial charge in [0.2, 0.25) is 5.82 Å². The number of nitrogens with one attached hydrogen (secondary N) is 1. The number of rotatable bonds is 5. The van der Waals surface area contributed by atoms with Crippen molar-refractivity contribution in [1.82, 2.24) is 9.78 Å². The lowest BCUT2D eigenvalue weighted by Crippen LogP contribution is -2.15. The van der Waals surface area contributed by atoms with Gasteiger partial charge in [-0.3, -0.25) is 10.1 Å². The van der Waals surface area contributed by atoms with Gasteiger partial charge in [0.15, 0.2) is 0 Å². The monoisotopic (exact) mass is 238 g/mol. The minimum Gasteiger partial charge on any atom is -0.359 e. The Kier molecular flexibility index (Phi) is 3.88. The summed E-state index contributed by atoms with van der Waals surface area (Å²) >= 11 is 0. The van der Waals surface area contributed by atoms with E-state index in [1.807, 2.05) is 20.8 Å². The lowest BCUT2D eigenvalue weighted by Gasteiger charge is -2.09. The van der Waals surface area contributed by atoms with Crippen LogP contribution in [-0.4, -0.2) is 20.7 Å². The van der Waals surface area contributed by atoms with E-state index in [2.05, 4.69) is 17.0 Å². The molecule has 0 bridgehead atoms. The zero-order chi connectivity index (χ0) is 13.2. The zero-order valence-corrected chi connectivity index (χ0v) is 10.6. The molecule has 1 atom stereocenters. The predicted octanol–water partition coefficient (Wildman–Crippen LogP) is 2.44. The van der Waals surface area contributed by atoms with E-state index in [0.717, 1.165) is 0 Å². The molecule has 1 rings (SSSR count). The smallest absolute Gasteiger partial charge is 0.334 e. The molecule has 0 aliphatic carbocycles. The summed E-state index contributed by atoms with van der Waals surface area (Å²) < 4.78 is 1.51. The maximum Gasteiger partial charge on any atom is 0.334 e. The van der Waals surface area contributed by atoms with Crippen LogP contribution in [0.15, 0.2) is 12.7 Å². The summed E-state index contributed by atoms with van der Waals surface area (Å²) in [6.45, 7) is 9.28. The highest BCUT2D eigenvalue weighted by Crippen LogP contribution is 2.33. The van der Waals surface area contributed by atoms with E-state index < -0.39 is 0 Å². The molecule has 1 N–H and O–H groups in total. The molecule has 0 saturated heterocycles. The lowest BCUT2D eigenvalue weighted by molar-refractivity contribution is -0.384. The summed E-state index contributed by atoms with van der Waals surface area (Å²) in [7, 11) is 1.69. The van der Waals surface area contributed by atoms with Gasteiger partial charge in [0.05, 0.1) is 4.92 Å². The van der Waals surface area contributed by atoms with E-state index in [9.17, 15) is 10.1 Å². The number of hydrogen-bond donors (Lipinski definition) is 1. The third-order valence-electron chi connectivity index (χ3n) is 2.50.